The maximum atomic E-state index is 13.1. The molecule has 0 radical (unpaired) electrons. The third-order valence-corrected chi connectivity index (χ3v) is 4.63. The van der Waals surface area contributed by atoms with Gasteiger partial charge in [0.15, 0.2) is 0 Å². The maximum absolute atomic E-state index is 13.1. The molecule has 0 unspecified atom stereocenters. The quantitative estimate of drug-likeness (QED) is 0.218. The first-order valence-electron chi connectivity index (χ1n) is 12.0. The summed E-state index contributed by atoms with van der Waals surface area (Å²) in [5.74, 6) is -1.03. The minimum absolute atomic E-state index is 0.0472. The van der Waals surface area contributed by atoms with E-state index in [1.807, 2.05) is 0 Å². The number of halogens is 1. The Labute approximate surface area is 203 Å². The SMILES string of the molecule is CC/C=C\C/C=C\C/C=C\C/C=C\C/C=C\CCCC(=O)NCCNC(=O)c1cncc(F)c1. The van der Waals surface area contributed by atoms with Crippen molar-refractivity contribution in [3.8, 4) is 0 Å². The summed E-state index contributed by atoms with van der Waals surface area (Å²) in [6.07, 6.45) is 30.9. The Morgan fingerprint density at radius 1 is 0.824 bits per heavy atom. The Bertz CT molecular complexity index is 857. The fourth-order valence-corrected chi connectivity index (χ4v) is 2.85. The van der Waals surface area contributed by atoms with Crippen LogP contribution in [0.1, 0.15) is 68.6 Å². The van der Waals surface area contributed by atoms with Crippen LogP contribution in [-0.4, -0.2) is 29.9 Å². The van der Waals surface area contributed by atoms with Crippen LogP contribution in [0, 0.1) is 5.82 Å². The molecule has 5 nitrogen and oxygen atoms in total. The average Bonchev–Trinajstić information content (AvgIpc) is 2.83. The second-order valence-corrected chi connectivity index (χ2v) is 7.60. The van der Waals surface area contributed by atoms with E-state index in [1.165, 1.54) is 6.20 Å². The van der Waals surface area contributed by atoms with E-state index in [0.29, 0.717) is 13.0 Å². The van der Waals surface area contributed by atoms with Crippen molar-refractivity contribution in [2.75, 3.05) is 13.1 Å². The van der Waals surface area contributed by atoms with Gasteiger partial charge in [-0.15, -0.1) is 0 Å². The third-order valence-electron chi connectivity index (χ3n) is 4.63. The molecular weight excluding hydrogens is 429 g/mol. The molecule has 0 aliphatic rings. The molecule has 184 valence electrons. The largest absolute Gasteiger partial charge is 0.354 e. The van der Waals surface area contributed by atoms with Gasteiger partial charge >= 0.3 is 0 Å². The van der Waals surface area contributed by atoms with Gasteiger partial charge in [-0.1, -0.05) is 67.7 Å². The molecule has 1 rings (SSSR count). The van der Waals surface area contributed by atoms with Crippen molar-refractivity contribution in [3.05, 3.63) is 90.6 Å². The lowest BCUT2D eigenvalue weighted by atomic mass is 10.2. The van der Waals surface area contributed by atoms with Crippen molar-refractivity contribution in [2.24, 2.45) is 0 Å². The highest BCUT2D eigenvalue weighted by Gasteiger charge is 2.06. The fourth-order valence-electron chi connectivity index (χ4n) is 2.85. The van der Waals surface area contributed by atoms with Gasteiger partial charge in [0.1, 0.15) is 5.82 Å². The number of nitrogens with one attached hydrogen (secondary N) is 2. The summed E-state index contributed by atoms with van der Waals surface area (Å²) < 4.78 is 13.1. The first-order valence-corrected chi connectivity index (χ1v) is 12.0. The van der Waals surface area contributed by atoms with E-state index in [-0.39, 0.29) is 18.0 Å². The minimum atomic E-state index is -0.562. The van der Waals surface area contributed by atoms with Gasteiger partial charge in [-0.25, -0.2) is 4.39 Å². The highest BCUT2D eigenvalue weighted by atomic mass is 19.1. The Morgan fingerprint density at radius 3 is 1.97 bits per heavy atom. The van der Waals surface area contributed by atoms with Crippen LogP contribution in [0.2, 0.25) is 0 Å². The Balaban J connectivity index is 1.98. The second kappa shape index (κ2) is 20.3. The van der Waals surface area contributed by atoms with Crippen LogP contribution in [0.25, 0.3) is 0 Å². The van der Waals surface area contributed by atoms with Gasteiger partial charge in [0, 0.05) is 25.7 Å². The molecule has 2 amide bonds. The summed E-state index contributed by atoms with van der Waals surface area (Å²) in [6.45, 7) is 2.74. The molecule has 0 fully saturated rings. The fraction of sp³-hybridized carbons (Fsp3) is 0.393. The normalized spacial score (nSPS) is 12.1. The van der Waals surface area contributed by atoms with Crippen LogP contribution in [0.15, 0.2) is 79.2 Å². The summed E-state index contributed by atoms with van der Waals surface area (Å²) in [4.78, 5) is 27.3. The highest BCUT2D eigenvalue weighted by Crippen LogP contribution is 2.01. The number of rotatable bonds is 17. The molecule has 0 aromatic carbocycles. The summed E-state index contributed by atoms with van der Waals surface area (Å²) in [7, 11) is 0. The first-order chi connectivity index (χ1) is 16.6. The molecule has 0 bridgehead atoms. The standard InChI is InChI=1S/C28H38FN3O2/c1-2-3-4-5-6-7-8-9-10-11-12-13-14-15-16-17-18-19-27(33)31-20-21-32-28(34)25-22-26(29)24-30-23-25/h3-4,6-7,9-10,12-13,15-16,22-24H,2,5,8,11,14,17-21H2,1H3,(H,31,33)(H,32,34)/b4-3-,7-6-,10-9-,13-12-,16-15-. The summed E-state index contributed by atoms with van der Waals surface area (Å²) in [6, 6.07) is 1.12. The predicted molar refractivity (Wildman–Crippen MR) is 138 cm³/mol. The van der Waals surface area contributed by atoms with Crippen molar-refractivity contribution in [1.29, 1.82) is 0 Å². The number of aromatic nitrogens is 1. The minimum Gasteiger partial charge on any atom is -0.354 e. The van der Waals surface area contributed by atoms with Crippen molar-refractivity contribution < 1.29 is 14.0 Å². The lowest BCUT2D eigenvalue weighted by Crippen LogP contribution is -2.34. The monoisotopic (exact) mass is 467 g/mol. The molecule has 0 aliphatic heterocycles. The second-order valence-electron chi connectivity index (χ2n) is 7.60. The Hall–Kier alpha value is -3.28. The van der Waals surface area contributed by atoms with Crippen LogP contribution < -0.4 is 10.6 Å². The molecule has 0 atom stereocenters. The van der Waals surface area contributed by atoms with Crippen LogP contribution in [-0.2, 0) is 4.79 Å². The zero-order valence-electron chi connectivity index (χ0n) is 20.2. The zero-order valence-corrected chi connectivity index (χ0v) is 20.2. The smallest absolute Gasteiger partial charge is 0.253 e. The van der Waals surface area contributed by atoms with Crippen LogP contribution in [0.5, 0.6) is 0 Å². The van der Waals surface area contributed by atoms with E-state index in [0.717, 1.165) is 57.2 Å². The zero-order chi connectivity index (χ0) is 24.7. The molecule has 1 heterocycles. The van der Waals surface area contributed by atoms with Crippen LogP contribution >= 0.6 is 0 Å². The van der Waals surface area contributed by atoms with Gasteiger partial charge in [-0.2, -0.15) is 0 Å². The van der Waals surface area contributed by atoms with Crippen LogP contribution in [0.4, 0.5) is 4.39 Å². The average molecular weight is 468 g/mol. The Kier molecular flexibility index (Phi) is 17.2. The van der Waals surface area contributed by atoms with Gasteiger partial charge < -0.3 is 10.6 Å². The molecular formula is C28H38FN3O2. The number of hydrogen-bond donors (Lipinski definition) is 2. The van der Waals surface area contributed by atoms with Gasteiger partial charge in [0.25, 0.3) is 5.91 Å². The molecule has 2 N–H and O–H groups in total. The number of allylic oxidation sites excluding steroid dienone is 10. The topological polar surface area (TPSA) is 71.1 Å². The molecule has 0 spiro atoms. The lowest BCUT2D eigenvalue weighted by molar-refractivity contribution is -0.121. The van der Waals surface area contributed by atoms with Crippen molar-refractivity contribution >= 4 is 11.8 Å². The highest BCUT2D eigenvalue weighted by molar-refractivity contribution is 5.93. The van der Waals surface area contributed by atoms with E-state index in [2.05, 4.69) is 83.3 Å². The van der Waals surface area contributed by atoms with Crippen molar-refractivity contribution in [3.63, 3.8) is 0 Å². The van der Waals surface area contributed by atoms with Gasteiger partial charge in [-0.3, -0.25) is 14.6 Å². The van der Waals surface area contributed by atoms with Crippen LogP contribution in [0.3, 0.4) is 0 Å². The van der Waals surface area contributed by atoms with Gasteiger partial charge in [-0.05, 0) is 51.0 Å². The molecule has 0 aliphatic carbocycles. The molecule has 1 aromatic rings. The van der Waals surface area contributed by atoms with Gasteiger partial charge in [0.05, 0.1) is 11.8 Å². The Morgan fingerprint density at radius 2 is 1.38 bits per heavy atom. The number of nitrogens with zero attached hydrogens (tertiary/aromatic N) is 1. The van der Waals surface area contributed by atoms with Crippen molar-refractivity contribution in [2.45, 2.75) is 58.3 Å². The number of unbranched alkanes of at least 4 members (excludes halogenated alkanes) is 1. The third kappa shape index (κ3) is 16.4. The van der Waals surface area contributed by atoms with E-state index in [4.69, 9.17) is 0 Å². The number of carbonyl (C=O) groups excluding carboxylic acids is 2. The maximum Gasteiger partial charge on any atom is 0.253 e. The van der Waals surface area contributed by atoms with E-state index >= 15 is 0 Å². The van der Waals surface area contributed by atoms with Crippen molar-refractivity contribution in [1.82, 2.24) is 15.6 Å². The molecule has 0 saturated heterocycles. The van der Waals surface area contributed by atoms with Gasteiger partial charge in [0.2, 0.25) is 5.91 Å². The number of pyridine rings is 1. The summed E-state index contributed by atoms with van der Waals surface area (Å²) >= 11 is 0. The number of carbonyl (C=O) groups is 2. The summed E-state index contributed by atoms with van der Waals surface area (Å²) in [5, 5.41) is 5.38. The number of hydrogen-bond acceptors (Lipinski definition) is 3. The molecule has 6 heteroatoms. The summed E-state index contributed by atoms with van der Waals surface area (Å²) in [5.41, 5.74) is 0.156. The molecule has 0 saturated carbocycles. The van der Waals surface area contributed by atoms with E-state index < -0.39 is 11.7 Å². The number of amides is 2. The van der Waals surface area contributed by atoms with E-state index in [1.54, 1.807) is 0 Å². The van der Waals surface area contributed by atoms with E-state index in [9.17, 15) is 14.0 Å². The molecule has 1 aromatic heterocycles. The molecule has 34 heavy (non-hydrogen) atoms. The first kappa shape index (κ1) is 28.8. The predicted octanol–water partition coefficient (Wildman–Crippen LogP) is 5.99. The lowest BCUT2D eigenvalue weighted by Gasteiger charge is -2.07.